The molecule has 0 saturated carbocycles. The summed E-state index contributed by atoms with van der Waals surface area (Å²) in [6.07, 6.45) is 1.30. The van der Waals surface area contributed by atoms with Crippen molar-refractivity contribution in [3.05, 3.63) is 21.9 Å². The average molecular weight is 254 g/mol. The lowest BCUT2D eigenvalue weighted by atomic mass is 10.2. The normalized spacial score (nSPS) is 10.2. The Morgan fingerprint density at radius 2 is 2.00 bits per heavy atom. The van der Waals surface area contributed by atoms with Crippen LogP contribution in [-0.2, 0) is 16.0 Å². The molecule has 0 atom stereocenters. The van der Waals surface area contributed by atoms with Crippen LogP contribution in [0.5, 0.6) is 0 Å². The third-order valence-electron chi connectivity index (χ3n) is 2.16. The van der Waals surface area contributed by atoms with E-state index in [2.05, 4.69) is 0 Å². The minimum absolute atomic E-state index is 0.0604. The predicted molar refractivity (Wildman–Crippen MR) is 64.5 cm³/mol. The van der Waals surface area contributed by atoms with Gasteiger partial charge in [-0.1, -0.05) is 0 Å². The summed E-state index contributed by atoms with van der Waals surface area (Å²) in [5, 5.41) is 8.50. The number of carboxylic acids is 1. The summed E-state index contributed by atoms with van der Waals surface area (Å²) in [4.78, 5) is 34.2. The Morgan fingerprint density at radius 1 is 1.29 bits per heavy atom. The number of carbonyl (C=O) groups is 3. The molecule has 4 nitrogen and oxygen atoms in total. The molecule has 0 aliphatic rings. The number of ketones is 2. The number of carbonyl (C=O) groups excluding carboxylic acids is 2. The van der Waals surface area contributed by atoms with E-state index in [1.165, 1.54) is 18.3 Å². The second-order valence-corrected chi connectivity index (χ2v) is 4.98. The number of aliphatic carboxylic acids is 1. The second kappa shape index (κ2) is 6.30. The van der Waals surface area contributed by atoms with Crippen molar-refractivity contribution in [2.45, 2.75) is 32.6 Å². The van der Waals surface area contributed by atoms with E-state index in [0.29, 0.717) is 17.7 Å². The zero-order chi connectivity index (χ0) is 12.8. The molecule has 0 saturated heterocycles. The molecule has 0 spiro atoms. The first-order valence-electron chi connectivity index (χ1n) is 5.32. The summed E-state index contributed by atoms with van der Waals surface area (Å²) in [7, 11) is 0. The van der Waals surface area contributed by atoms with Crippen LogP contribution in [0.1, 0.15) is 40.7 Å². The first kappa shape index (κ1) is 13.6. The molecule has 17 heavy (non-hydrogen) atoms. The highest BCUT2D eigenvalue weighted by molar-refractivity contribution is 7.14. The fourth-order valence-electron chi connectivity index (χ4n) is 1.39. The minimum atomic E-state index is -0.811. The Labute approximate surface area is 103 Å². The molecule has 1 aromatic heterocycles. The maximum atomic E-state index is 11.5. The van der Waals surface area contributed by atoms with Crippen molar-refractivity contribution in [2.75, 3.05) is 0 Å². The van der Waals surface area contributed by atoms with Crippen molar-refractivity contribution in [3.8, 4) is 0 Å². The third-order valence-corrected chi connectivity index (χ3v) is 3.35. The molecule has 0 aliphatic carbocycles. The lowest BCUT2D eigenvalue weighted by molar-refractivity contribution is -0.137. The maximum Gasteiger partial charge on any atom is 0.303 e. The first-order valence-corrected chi connectivity index (χ1v) is 6.14. The lowest BCUT2D eigenvalue weighted by Gasteiger charge is -1.94. The van der Waals surface area contributed by atoms with Gasteiger partial charge in [-0.3, -0.25) is 14.4 Å². The molecular weight excluding hydrogens is 240 g/mol. The summed E-state index contributed by atoms with van der Waals surface area (Å²) in [5.74, 6) is -1.11. The molecule has 0 bridgehead atoms. The van der Waals surface area contributed by atoms with Gasteiger partial charge in [0.1, 0.15) is 5.78 Å². The monoisotopic (exact) mass is 254 g/mol. The van der Waals surface area contributed by atoms with Gasteiger partial charge in [0.15, 0.2) is 5.78 Å². The summed E-state index contributed by atoms with van der Waals surface area (Å²) in [6.45, 7) is 1.39. The van der Waals surface area contributed by atoms with Crippen LogP contribution < -0.4 is 0 Å². The molecule has 1 N–H and O–H groups in total. The van der Waals surface area contributed by atoms with Crippen LogP contribution in [0.4, 0.5) is 0 Å². The van der Waals surface area contributed by atoms with Gasteiger partial charge in [-0.15, -0.1) is 11.3 Å². The quantitative estimate of drug-likeness (QED) is 0.598. The summed E-state index contributed by atoms with van der Waals surface area (Å²) >= 11 is 1.34. The zero-order valence-electron chi connectivity index (χ0n) is 9.56. The van der Waals surface area contributed by atoms with Gasteiger partial charge < -0.3 is 5.11 Å². The fraction of sp³-hybridized carbons (Fsp3) is 0.417. The highest BCUT2D eigenvalue weighted by atomic mass is 32.1. The molecule has 1 aromatic rings. The molecule has 0 unspecified atom stereocenters. The number of thiophene rings is 1. The number of hydrogen-bond acceptors (Lipinski definition) is 4. The Kier molecular flexibility index (Phi) is 5.03. The van der Waals surface area contributed by atoms with E-state index in [1.807, 2.05) is 6.07 Å². The second-order valence-electron chi connectivity index (χ2n) is 3.82. The standard InChI is InChI=1S/C12H14O4S/c1-8(13)7-10(14)11-6-5-9(17-11)3-2-4-12(15)16/h5-6H,2-4,7H2,1H3,(H,15,16). The molecule has 92 valence electrons. The number of Topliss-reactive ketones (excluding diaryl/α,β-unsaturated/α-hetero) is 2. The van der Waals surface area contributed by atoms with Crippen molar-refractivity contribution in [2.24, 2.45) is 0 Å². The minimum Gasteiger partial charge on any atom is -0.481 e. The van der Waals surface area contributed by atoms with Gasteiger partial charge in [0.25, 0.3) is 0 Å². The fourth-order valence-corrected chi connectivity index (χ4v) is 2.38. The zero-order valence-corrected chi connectivity index (χ0v) is 10.4. The number of rotatable bonds is 7. The van der Waals surface area contributed by atoms with Crippen LogP contribution in [0.3, 0.4) is 0 Å². The van der Waals surface area contributed by atoms with E-state index in [0.717, 1.165) is 4.88 Å². The van der Waals surface area contributed by atoms with Gasteiger partial charge in [-0.25, -0.2) is 0 Å². The smallest absolute Gasteiger partial charge is 0.303 e. The van der Waals surface area contributed by atoms with Gasteiger partial charge in [0, 0.05) is 11.3 Å². The van der Waals surface area contributed by atoms with E-state index in [-0.39, 0.29) is 24.4 Å². The number of aryl methyl sites for hydroxylation is 1. The van der Waals surface area contributed by atoms with Gasteiger partial charge in [-0.05, 0) is 31.9 Å². The highest BCUT2D eigenvalue weighted by Crippen LogP contribution is 2.20. The molecular formula is C12H14O4S. The summed E-state index contributed by atoms with van der Waals surface area (Å²) in [5.41, 5.74) is 0. The van der Waals surface area contributed by atoms with Gasteiger partial charge >= 0.3 is 5.97 Å². The molecule has 0 fully saturated rings. The van der Waals surface area contributed by atoms with Crippen LogP contribution in [0.2, 0.25) is 0 Å². The SMILES string of the molecule is CC(=O)CC(=O)c1ccc(CCCC(=O)O)s1. The first-order chi connectivity index (χ1) is 7.99. The summed E-state index contributed by atoms with van der Waals surface area (Å²) < 4.78 is 0. The maximum absolute atomic E-state index is 11.5. The Hall–Kier alpha value is -1.49. The van der Waals surface area contributed by atoms with Crippen molar-refractivity contribution >= 4 is 28.9 Å². The van der Waals surface area contributed by atoms with Crippen LogP contribution in [0.15, 0.2) is 12.1 Å². The third kappa shape index (κ3) is 4.91. The van der Waals surface area contributed by atoms with Gasteiger partial charge in [0.05, 0.1) is 11.3 Å². The van der Waals surface area contributed by atoms with Crippen LogP contribution in [0.25, 0.3) is 0 Å². The Morgan fingerprint density at radius 3 is 2.59 bits per heavy atom. The molecule has 0 aromatic carbocycles. The van der Waals surface area contributed by atoms with E-state index >= 15 is 0 Å². The van der Waals surface area contributed by atoms with Crippen LogP contribution >= 0.6 is 11.3 Å². The predicted octanol–water partition coefficient (Wildman–Crippen LogP) is 2.32. The largest absolute Gasteiger partial charge is 0.481 e. The van der Waals surface area contributed by atoms with E-state index in [1.54, 1.807) is 6.07 Å². The van der Waals surface area contributed by atoms with Gasteiger partial charge in [-0.2, -0.15) is 0 Å². The average Bonchev–Trinajstić information content (AvgIpc) is 2.64. The molecule has 1 rings (SSSR count). The van der Waals surface area contributed by atoms with Crippen LogP contribution in [-0.4, -0.2) is 22.6 Å². The summed E-state index contributed by atoms with van der Waals surface area (Å²) in [6, 6.07) is 3.52. The number of hydrogen-bond donors (Lipinski definition) is 1. The Balaban J connectivity index is 2.50. The van der Waals surface area contributed by atoms with E-state index in [9.17, 15) is 14.4 Å². The molecule has 0 amide bonds. The van der Waals surface area contributed by atoms with Gasteiger partial charge in [0.2, 0.25) is 0 Å². The molecule has 5 heteroatoms. The van der Waals surface area contributed by atoms with Crippen molar-refractivity contribution in [3.63, 3.8) is 0 Å². The number of carboxylic acid groups (broad SMARTS) is 1. The highest BCUT2D eigenvalue weighted by Gasteiger charge is 2.11. The molecule has 1 heterocycles. The lowest BCUT2D eigenvalue weighted by Crippen LogP contribution is -2.02. The van der Waals surface area contributed by atoms with Crippen molar-refractivity contribution < 1.29 is 19.5 Å². The van der Waals surface area contributed by atoms with Crippen molar-refractivity contribution in [1.29, 1.82) is 0 Å². The van der Waals surface area contributed by atoms with Crippen molar-refractivity contribution in [1.82, 2.24) is 0 Å². The molecule has 0 aliphatic heterocycles. The van der Waals surface area contributed by atoms with E-state index in [4.69, 9.17) is 5.11 Å². The van der Waals surface area contributed by atoms with E-state index < -0.39 is 5.97 Å². The molecule has 0 radical (unpaired) electrons. The Bertz CT molecular complexity index is 433. The topological polar surface area (TPSA) is 71.4 Å². The van der Waals surface area contributed by atoms with Crippen LogP contribution in [0, 0.1) is 0 Å².